The van der Waals surface area contributed by atoms with Crippen LogP contribution in [0, 0.1) is 22.0 Å². The molecule has 0 radical (unpaired) electrons. The van der Waals surface area contributed by atoms with Crippen LogP contribution < -0.4 is 15.4 Å². The van der Waals surface area contributed by atoms with Gasteiger partial charge in [0.15, 0.2) is 5.78 Å². The lowest BCUT2D eigenvalue weighted by atomic mass is 9.93. The summed E-state index contributed by atoms with van der Waals surface area (Å²) in [6, 6.07) is 26.8. The summed E-state index contributed by atoms with van der Waals surface area (Å²) in [5.41, 5.74) is 5.36. The number of nitrogens with one attached hydrogen (secondary N) is 2. The van der Waals surface area contributed by atoms with Gasteiger partial charge in [-0.3, -0.25) is 19.7 Å². The van der Waals surface area contributed by atoms with E-state index in [2.05, 4.69) is 22.8 Å². The maximum atomic E-state index is 13.3. The Bertz CT molecular complexity index is 1830. The minimum Gasteiger partial charge on any atom is -0.449 e. The van der Waals surface area contributed by atoms with Crippen molar-refractivity contribution in [3.05, 3.63) is 124 Å². The van der Waals surface area contributed by atoms with Crippen molar-refractivity contribution in [3.8, 4) is 16.9 Å². The van der Waals surface area contributed by atoms with Crippen LogP contribution in [0.4, 0.5) is 21.0 Å². The number of ketones is 1. The number of non-ortho nitro benzene ring substituents is 1. The lowest BCUT2D eigenvalue weighted by Gasteiger charge is -2.23. The van der Waals surface area contributed by atoms with E-state index in [1.807, 2.05) is 50.2 Å². The zero-order chi connectivity index (χ0) is 35.8. The van der Waals surface area contributed by atoms with Crippen molar-refractivity contribution >= 4 is 35.3 Å². The number of amides is 2. The lowest BCUT2D eigenvalue weighted by Crippen LogP contribution is -2.45. The number of ether oxygens (including phenoxy) is 3. The van der Waals surface area contributed by atoms with Crippen molar-refractivity contribution in [2.24, 2.45) is 11.8 Å². The Morgan fingerprint density at radius 1 is 0.800 bits per heavy atom. The highest BCUT2D eigenvalue weighted by atomic mass is 16.7. The Balaban J connectivity index is 1.07. The number of carbonyl (C=O) groups excluding carboxylic acids is 4. The number of benzene rings is 4. The summed E-state index contributed by atoms with van der Waals surface area (Å²) in [4.78, 5) is 61.3. The first kappa shape index (κ1) is 35.3. The Kier molecular flexibility index (Phi) is 11.2. The second-order valence-electron chi connectivity index (χ2n) is 12.3. The van der Waals surface area contributed by atoms with Crippen molar-refractivity contribution in [2.75, 3.05) is 11.9 Å². The highest BCUT2D eigenvalue weighted by Crippen LogP contribution is 2.44. The van der Waals surface area contributed by atoms with Crippen LogP contribution in [0.1, 0.15) is 49.8 Å². The Morgan fingerprint density at radius 3 is 1.98 bits per heavy atom. The molecule has 4 aromatic rings. The van der Waals surface area contributed by atoms with E-state index < -0.39 is 29.1 Å². The predicted octanol–water partition coefficient (Wildman–Crippen LogP) is 7.41. The minimum atomic E-state index is -0.984. The van der Waals surface area contributed by atoms with Gasteiger partial charge in [-0.05, 0) is 58.0 Å². The zero-order valence-corrected chi connectivity index (χ0v) is 27.8. The average Bonchev–Trinajstić information content (AvgIpc) is 3.42. The van der Waals surface area contributed by atoms with Gasteiger partial charge in [0.05, 0.1) is 11.0 Å². The van der Waals surface area contributed by atoms with E-state index in [0.29, 0.717) is 11.3 Å². The van der Waals surface area contributed by atoms with Gasteiger partial charge < -0.3 is 24.8 Å². The van der Waals surface area contributed by atoms with Gasteiger partial charge >= 0.3 is 12.2 Å². The number of fused-ring (bicyclic) bond motifs is 3. The fourth-order valence-corrected chi connectivity index (χ4v) is 5.76. The van der Waals surface area contributed by atoms with Gasteiger partial charge in [0.25, 0.3) is 5.69 Å². The molecule has 5 rings (SSSR count). The van der Waals surface area contributed by atoms with Crippen LogP contribution in [-0.4, -0.2) is 41.5 Å². The molecule has 0 saturated carbocycles. The van der Waals surface area contributed by atoms with Crippen molar-refractivity contribution in [3.63, 3.8) is 0 Å². The summed E-state index contributed by atoms with van der Waals surface area (Å²) in [7, 11) is 0. The molecule has 258 valence electrons. The fourth-order valence-electron chi connectivity index (χ4n) is 5.76. The molecule has 12 heteroatoms. The standard InChI is InChI=1S/C38H37N3O9/c1-23(2)35(40-37(44)48-22-33-31-10-6-4-8-29(31)30-9-5-7-11-32(30)33)34(42)20-24(3)36(43)39-26-14-12-25(13-15-26)21-49-38(45)50-28-18-16-27(17-19-28)41(46)47/h4-19,23-24,33,35H,20-22H2,1-3H3,(H,39,43)(H,40,44)/t24-,35+/m1/s1. The smallest absolute Gasteiger partial charge is 0.449 e. The van der Waals surface area contributed by atoms with Gasteiger partial charge in [0.1, 0.15) is 19.0 Å². The zero-order valence-electron chi connectivity index (χ0n) is 27.8. The summed E-state index contributed by atoms with van der Waals surface area (Å²) in [6.45, 7) is 5.28. The molecular weight excluding hydrogens is 642 g/mol. The number of nitro groups is 1. The van der Waals surface area contributed by atoms with E-state index in [1.54, 1.807) is 31.2 Å². The predicted molar refractivity (Wildman–Crippen MR) is 185 cm³/mol. The number of nitro benzene ring substituents is 1. The average molecular weight is 680 g/mol. The molecule has 2 atom stereocenters. The van der Waals surface area contributed by atoms with Crippen LogP contribution in [-0.2, 0) is 25.7 Å². The first-order chi connectivity index (χ1) is 24.0. The first-order valence-corrected chi connectivity index (χ1v) is 16.1. The van der Waals surface area contributed by atoms with Gasteiger partial charge in [0.2, 0.25) is 5.91 Å². The van der Waals surface area contributed by atoms with Crippen LogP contribution in [0.25, 0.3) is 11.1 Å². The molecule has 0 aliphatic heterocycles. The number of alkyl carbamates (subject to hydrolysis) is 1. The Morgan fingerprint density at radius 2 is 1.40 bits per heavy atom. The summed E-state index contributed by atoms with van der Waals surface area (Å²) in [5, 5.41) is 16.2. The third kappa shape index (κ3) is 8.70. The highest BCUT2D eigenvalue weighted by Gasteiger charge is 2.31. The molecule has 1 aliphatic rings. The molecule has 0 fully saturated rings. The SMILES string of the molecule is CC(C)[C@H](NC(=O)OCC1c2ccccc2-c2ccccc21)C(=O)C[C@@H](C)C(=O)Nc1ccc(COC(=O)Oc2ccc([N+](=O)[O-])cc2)cc1. The van der Waals surface area contributed by atoms with Crippen LogP contribution in [0.3, 0.4) is 0 Å². The number of carbonyl (C=O) groups is 4. The van der Waals surface area contributed by atoms with E-state index in [-0.39, 0.29) is 54.6 Å². The van der Waals surface area contributed by atoms with Crippen molar-refractivity contribution in [1.29, 1.82) is 0 Å². The molecule has 12 nitrogen and oxygen atoms in total. The van der Waals surface area contributed by atoms with E-state index in [4.69, 9.17) is 14.2 Å². The first-order valence-electron chi connectivity index (χ1n) is 16.1. The maximum Gasteiger partial charge on any atom is 0.514 e. The van der Waals surface area contributed by atoms with E-state index in [9.17, 15) is 29.3 Å². The summed E-state index contributed by atoms with van der Waals surface area (Å²) in [6.07, 6.45) is -1.77. The van der Waals surface area contributed by atoms with Gasteiger partial charge in [0, 0.05) is 36.1 Å². The quantitative estimate of drug-likeness (QED) is 0.0634. The number of Topliss-reactive ketones (excluding diaryl/α,β-unsaturated/α-hetero) is 1. The monoisotopic (exact) mass is 679 g/mol. The molecule has 2 amide bonds. The normalized spacial score (nSPS) is 13.0. The third-order valence-electron chi connectivity index (χ3n) is 8.41. The van der Waals surface area contributed by atoms with Crippen LogP contribution in [0.5, 0.6) is 5.75 Å². The largest absolute Gasteiger partial charge is 0.514 e. The lowest BCUT2D eigenvalue weighted by molar-refractivity contribution is -0.384. The molecule has 0 bridgehead atoms. The molecule has 2 N–H and O–H groups in total. The topological polar surface area (TPSA) is 163 Å². The molecule has 0 aromatic heterocycles. The van der Waals surface area contributed by atoms with Crippen LogP contribution >= 0.6 is 0 Å². The summed E-state index contributed by atoms with van der Waals surface area (Å²) >= 11 is 0. The van der Waals surface area contributed by atoms with Gasteiger partial charge in [-0.15, -0.1) is 0 Å². The van der Waals surface area contributed by atoms with Crippen LogP contribution in [0.2, 0.25) is 0 Å². The molecule has 50 heavy (non-hydrogen) atoms. The summed E-state index contributed by atoms with van der Waals surface area (Å²) < 4.78 is 15.8. The molecular formula is C38H37N3O9. The van der Waals surface area contributed by atoms with Crippen molar-refractivity contribution in [2.45, 2.75) is 45.8 Å². The number of hydrogen-bond acceptors (Lipinski definition) is 9. The second-order valence-corrected chi connectivity index (χ2v) is 12.3. The van der Waals surface area contributed by atoms with Gasteiger partial charge in [-0.2, -0.15) is 0 Å². The number of hydrogen-bond donors (Lipinski definition) is 2. The van der Waals surface area contributed by atoms with Crippen LogP contribution in [0.15, 0.2) is 97.1 Å². The third-order valence-corrected chi connectivity index (χ3v) is 8.41. The minimum absolute atomic E-state index is 0.0961. The second kappa shape index (κ2) is 15.9. The molecule has 4 aromatic carbocycles. The molecule has 0 saturated heterocycles. The van der Waals surface area contributed by atoms with Crippen molar-refractivity contribution in [1.82, 2.24) is 5.32 Å². The number of rotatable bonds is 13. The van der Waals surface area contributed by atoms with Crippen molar-refractivity contribution < 1.29 is 38.3 Å². The molecule has 0 heterocycles. The number of anilines is 1. The highest BCUT2D eigenvalue weighted by molar-refractivity contribution is 5.97. The van der Waals surface area contributed by atoms with E-state index >= 15 is 0 Å². The Labute approximate surface area is 288 Å². The van der Waals surface area contributed by atoms with Gasteiger partial charge in [-0.25, -0.2) is 9.59 Å². The molecule has 1 aliphatic carbocycles. The molecule has 0 unspecified atom stereocenters. The Hall–Kier alpha value is -6.04. The van der Waals surface area contributed by atoms with Gasteiger partial charge in [-0.1, -0.05) is 81.4 Å². The summed E-state index contributed by atoms with van der Waals surface area (Å²) in [5.74, 6) is -1.61. The van der Waals surface area contributed by atoms with E-state index in [0.717, 1.165) is 22.3 Å². The maximum absolute atomic E-state index is 13.3. The number of nitrogens with zero attached hydrogens (tertiary/aromatic N) is 1. The van der Waals surface area contributed by atoms with E-state index in [1.165, 1.54) is 24.3 Å². The molecule has 0 spiro atoms. The fraction of sp³-hybridized carbons (Fsp3) is 0.263.